The minimum Gasteiger partial charge on any atom is -0.389 e. The number of piperazine rings is 1. The summed E-state index contributed by atoms with van der Waals surface area (Å²) in [5, 5.41) is 16.9. The number of carbonyl (C=O) groups excluding carboxylic acids is 1. The van der Waals surface area contributed by atoms with E-state index >= 15 is 0 Å². The molecule has 0 radical (unpaired) electrons. The Kier molecular flexibility index (Phi) is 9.12. The van der Waals surface area contributed by atoms with Crippen LogP contribution in [-0.4, -0.2) is 67.5 Å². The molecule has 2 fully saturated rings. The highest BCUT2D eigenvalue weighted by atomic mass is 16.5. The van der Waals surface area contributed by atoms with Gasteiger partial charge in [-0.05, 0) is 43.7 Å². The van der Waals surface area contributed by atoms with Gasteiger partial charge in [0.2, 0.25) is 5.91 Å². The van der Waals surface area contributed by atoms with E-state index in [9.17, 15) is 9.90 Å². The van der Waals surface area contributed by atoms with Gasteiger partial charge in [0.25, 0.3) is 0 Å². The molecule has 2 atom stereocenters. The second kappa shape index (κ2) is 11.8. The largest absolute Gasteiger partial charge is 0.389 e. The van der Waals surface area contributed by atoms with Gasteiger partial charge >= 0.3 is 0 Å². The van der Waals surface area contributed by atoms with Crippen molar-refractivity contribution in [2.75, 3.05) is 44.7 Å². The molecule has 6 heteroatoms. The molecule has 1 aliphatic carbocycles. The number of aliphatic hydroxyl groups excluding tert-OH is 1. The molecule has 168 valence electrons. The van der Waals surface area contributed by atoms with Crippen molar-refractivity contribution in [3.05, 3.63) is 29.3 Å². The average molecular weight is 418 g/mol. The molecule has 0 aromatic heterocycles. The van der Waals surface area contributed by atoms with E-state index in [1.165, 1.54) is 32.1 Å². The highest BCUT2D eigenvalue weighted by Gasteiger charge is 2.24. The van der Waals surface area contributed by atoms with Gasteiger partial charge < -0.3 is 20.5 Å². The number of nitrogens with one attached hydrogen (secondary N) is 2. The molecule has 1 aliphatic heterocycles. The number of hydrogen-bond acceptors (Lipinski definition) is 5. The number of para-hydroxylation sites is 1. The quantitative estimate of drug-likeness (QED) is 0.576. The average Bonchev–Trinajstić information content (AvgIpc) is 2.72. The molecular weight excluding hydrogens is 378 g/mol. The smallest absolute Gasteiger partial charge is 0.226 e. The van der Waals surface area contributed by atoms with E-state index in [2.05, 4.69) is 15.5 Å². The van der Waals surface area contributed by atoms with Crippen molar-refractivity contribution in [1.82, 2.24) is 10.2 Å². The molecule has 1 saturated carbocycles. The molecule has 1 amide bonds. The van der Waals surface area contributed by atoms with Crippen molar-refractivity contribution in [1.29, 1.82) is 0 Å². The number of benzene rings is 1. The molecule has 3 N–H and O–H groups in total. The monoisotopic (exact) mass is 417 g/mol. The molecule has 0 spiro atoms. The van der Waals surface area contributed by atoms with E-state index in [1.807, 2.05) is 32.0 Å². The fourth-order valence-corrected chi connectivity index (χ4v) is 4.70. The van der Waals surface area contributed by atoms with Crippen LogP contribution in [0.15, 0.2) is 18.2 Å². The molecule has 2 unspecified atom stereocenters. The van der Waals surface area contributed by atoms with Crippen LogP contribution in [0.1, 0.15) is 49.7 Å². The van der Waals surface area contributed by atoms with Crippen LogP contribution in [0, 0.1) is 19.8 Å². The Morgan fingerprint density at radius 3 is 2.73 bits per heavy atom. The molecule has 1 heterocycles. The first-order chi connectivity index (χ1) is 14.5. The molecule has 1 aromatic rings. The number of nitrogens with zero attached hydrogens (tertiary/aromatic N) is 1. The zero-order valence-corrected chi connectivity index (χ0v) is 18.7. The SMILES string of the molecule is Cc1cccc(C)c1NC(=O)CC1CN(CC(O)COCC2CCCCC2)CCN1. The van der Waals surface area contributed by atoms with Gasteiger partial charge in [-0.2, -0.15) is 0 Å². The van der Waals surface area contributed by atoms with Crippen molar-refractivity contribution in [3.63, 3.8) is 0 Å². The molecule has 3 rings (SSSR count). The lowest BCUT2D eigenvalue weighted by Crippen LogP contribution is -2.53. The van der Waals surface area contributed by atoms with E-state index in [-0.39, 0.29) is 11.9 Å². The molecule has 0 bridgehead atoms. The van der Waals surface area contributed by atoms with Gasteiger partial charge in [0.05, 0.1) is 12.7 Å². The van der Waals surface area contributed by atoms with E-state index in [4.69, 9.17) is 4.74 Å². The first-order valence-corrected chi connectivity index (χ1v) is 11.6. The van der Waals surface area contributed by atoms with Crippen LogP contribution in [0.25, 0.3) is 0 Å². The zero-order chi connectivity index (χ0) is 21.3. The summed E-state index contributed by atoms with van der Waals surface area (Å²) in [6.07, 6.45) is 6.46. The molecule has 1 aromatic carbocycles. The Morgan fingerprint density at radius 2 is 2.00 bits per heavy atom. The third-order valence-electron chi connectivity index (χ3n) is 6.37. The number of ether oxygens (including phenoxy) is 1. The molecule has 1 saturated heterocycles. The zero-order valence-electron chi connectivity index (χ0n) is 18.7. The Morgan fingerprint density at radius 1 is 1.27 bits per heavy atom. The Labute approximate surface area is 181 Å². The van der Waals surface area contributed by atoms with Gasteiger partial charge in [-0.25, -0.2) is 0 Å². The van der Waals surface area contributed by atoms with E-state index in [0.29, 0.717) is 25.5 Å². The third-order valence-corrected chi connectivity index (χ3v) is 6.37. The number of rotatable bonds is 9. The van der Waals surface area contributed by atoms with E-state index < -0.39 is 6.10 Å². The second-order valence-electron chi connectivity index (χ2n) is 9.13. The summed E-state index contributed by atoms with van der Waals surface area (Å²) < 4.78 is 5.80. The van der Waals surface area contributed by atoms with Crippen LogP contribution in [0.4, 0.5) is 5.69 Å². The van der Waals surface area contributed by atoms with Gasteiger partial charge in [0.1, 0.15) is 0 Å². The van der Waals surface area contributed by atoms with Crippen molar-refractivity contribution >= 4 is 11.6 Å². The summed E-state index contributed by atoms with van der Waals surface area (Å²) in [6, 6.07) is 6.13. The molecule has 2 aliphatic rings. The molecular formula is C24H39N3O3. The van der Waals surface area contributed by atoms with Gasteiger partial charge in [-0.1, -0.05) is 37.5 Å². The Bertz CT molecular complexity index is 655. The number of hydrogen-bond donors (Lipinski definition) is 3. The number of aliphatic hydroxyl groups is 1. The van der Waals surface area contributed by atoms with Gasteiger partial charge in [0.15, 0.2) is 0 Å². The lowest BCUT2D eigenvalue weighted by atomic mass is 9.90. The predicted octanol–water partition coefficient (Wildman–Crippen LogP) is 2.86. The molecule has 6 nitrogen and oxygen atoms in total. The normalized spacial score (nSPS) is 22.0. The molecule has 30 heavy (non-hydrogen) atoms. The number of carbonyl (C=O) groups is 1. The Balaban J connectivity index is 1.37. The topological polar surface area (TPSA) is 73.8 Å². The van der Waals surface area contributed by atoms with E-state index in [0.717, 1.165) is 43.1 Å². The minimum absolute atomic E-state index is 0.0307. The highest BCUT2D eigenvalue weighted by Crippen LogP contribution is 2.23. The minimum atomic E-state index is -0.476. The fourth-order valence-electron chi connectivity index (χ4n) is 4.70. The second-order valence-corrected chi connectivity index (χ2v) is 9.13. The van der Waals surface area contributed by atoms with Crippen LogP contribution in [0.3, 0.4) is 0 Å². The van der Waals surface area contributed by atoms with Crippen molar-refractivity contribution in [2.24, 2.45) is 5.92 Å². The summed E-state index contributed by atoms with van der Waals surface area (Å²) in [5.41, 5.74) is 3.08. The summed E-state index contributed by atoms with van der Waals surface area (Å²) in [7, 11) is 0. The Hall–Kier alpha value is -1.47. The van der Waals surface area contributed by atoms with Crippen molar-refractivity contribution in [2.45, 2.75) is 64.5 Å². The summed E-state index contributed by atoms with van der Waals surface area (Å²) in [4.78, 5) is 14.8. The van der Waals surface area contributed by atoms with Gasteiger partial charge in [-0.3, -0.25) is 9.69 Å². The highest BCUT2D eigenvalue weighted by molar-refractivity contribution is 5.92. The number of aryl methyl sites for hydroxylation is 2. The lowest BCUT2D eigenvalue weighted by molar-refractivity contribution is -0.117. The number of amides is 1. The van der Waals surface area contributed by atoms with Crippen LogP contribution in [0.5, 0.6) is 0 Å². The third kappa shape index (κ3) is 7.34. The maximum atomic E-state index is 12.6. The predicted molar refractivity (Wildman–Crippen MR) is 121 cm³/mol. The van der Waals surface area contributed by atoms with Crippen molar-refractivity contribution < 1.29 is 14.6 Å². The van der Waals surface area contributed by atoms with Crippen LogP contribution in [0.2, 0.25) is 0 Å². The van der Waals surface area contributed by atoms with E-state index in [1.54, 1.807) is 0 Å². The number of anilines is 1. The van der Waals surface area contributed by atoms with Crippen LogP contribution >= 0.6 is 0 Å². The van der Waals surface area contributed by atoms with Gasteiger partial charge in [0, 0.05) is 50.9 Å². The van der Waals surface area contributed by atoms with Crippen LogP contribution in [-0.2, 0) is 9.53 Å². The first kappa shape index (κ1) is 23.2. The number of β-amino-alcohol motifs (C(OH)–C–C–N with tert-alkyl or cyclic N) is 1. The van der Waals surface area contributed by atoms with Crippen molar-refractivity contribution in [3.8, 4) is 0 Å². The summed E-state index contributed by atoms with van der Waals surface area (Å²) in [5.74, 6) is 0.702. The van der Waals surface area contributed by atoms with Gasteiger partial charge in [-0.15, -0.1) is 0 Å². The summed E-state index contributed by atoms with van der Waals surface area (Å²) in [6.45, 7) is 8.28. The standard InChI is InChI=1S/C24H39N3O3/c1-18-7-6-8-19(2)24(18)26-23(29)13-21-14-27(12-11-25-21)15-22(28)17-30-16-20-9-4-3-5-10-20/h6-8,20-22,25,28H,3-5,9-17H2,1-2H3,(H,26,29). The summed E-state index contributed by atoms with van der Waals surface area (Å²) >= 11 is 0. The fraction of sp³-hybridized carbons (Fsp3) is 0.708. The maximum Gasteiger partial charge on any atom is 0.226 e. The maximum absolute atomic E-state index is 12.6. The van der Waals surface area contributed by atoms with Crippen LogP contribution < -0.4 is 10.6 Å². The first-order valence-electron chi connectivity index (χ1n) is 11.6. The lowest BCUT2D eigenvalue weighted by Gasteiger charge is -2.34.